The summed E-state index contributed by atoms with van der Waals surface area (Å²) >= 11 is 0. The molecule has 0 aromatic heterocycles. The van der Waals surface area contributed by atoms with Gasteiger partial charge in [0.05, 0.1) is 17.1 Å². The smallest absolute Gasteiger partial charge is 0.0540 e. The molecule has 1 aliphatic rings. The van der Waals surface area contributed by atoms with Gasteiger partial charge in [0.1, 0.15) is 0 Å². The summed E-state index contributed by atoms with van der Waals surface area (Å²) in [5, 5.41) is 14.9. The van der Waals surface area contributed by atoms with Crippen molar-refractivity contribution in [3.63, 3.8) is 0 Å². The topological polar surface area (TPSA) is 6.48 Å². The molecule has 0 saturated heterocycles. The van der Waals surface area contributed by atoms with Crippen molar-refractivity contribution in [2.75, 3.05) is 9.80 Å². The molecule has 65 heavy (non-hydrogen) atoms. The maximum atomic E-state index is 2.49. The average molecular weight is 829 g/mol. The molecule has 0 N–H and O–H groups in total. The van der Waals surface area contributed by atoms with Crippen LogP contribution in [-0.4, -0.2) is 0 Å². The molecule has 0 unspecified atom stereocenters. The van der Waals surface area contributed by atoms with Gasteiger partial charge < -0.3 is 9.80 Å². The van der Waals surface area contributed by atoms with E-state index >= 15 is 0 Å². The normalized spacial score (nSPS) is 12.9. The van der Waals surface area contributed by atoms with E-state index in [-0.39, 0.29) is 5.41 Å². The number of hydrogen-bond donors (Lipinski definition) is 0. The number of rotatable bonds is 6. The van der Waals surface area contributed by atoms with Crippen LogP contribution in [0.3, 0.4) is 0 Å². The van der Waals surface area contributed by atoms with E-state index in [0.717, 1.165) is 22.7 Å². The molecule has 0 heterocycles. The van der Waals surface area contributed by atoms with Gasteiger partial charge in [-0.3, -0.25) is 0 Å². The van der Waals surface area contributed by atoms with E-state index in [9.17, 15) is 0 Å². The number of benzene rings is 12. The maximum Gasteiger partial charge on any atom is 0.0540 e. The lowest BCUT2D eigenvalue weighted by molar-refractivity contribution is 0.666. The zero-order valence-electron chi connectivity index (χ0n) is 36.3. The van der Waals surface area contributed by atoms with Gasteiger partial charge in [0.2, 0.25) is 0 Å². The van der Waals surface area contributed by atoms with E-state index in [2.05, 4.69) is 254 Å². The van der Waals surface area contributed by atoms with Crippen molar-refractivity contribution in [2.24, 2.45) is 0 Å². The van der Waals surface area contributed by atoms with Crippen molar-refractivity contribution in [2.45, 2.75) is 19.3 Å². The largest absolute Gasteiger partial charge is 0.310 e. The van der Waals surface area contributed by atoms with Crippen LogP contribution in [0.1, 0.15) is 25.0 Å². The quantitative estimate of drug-likeness (QED) is 0.154. The van der Waals surface area contributed by atoms with Crippen LogP contribution >= 0.6 is 0 Å². The first-order valence-electron chi connectivity index (χ1n) is 22.7. The third kappa shape index (κ3) is 5.74. The first kappa shape index (κ1) is 37.4. The van der Waals surface area contributed by atoms with E-state index in [1.54, 1.807) is 0 Å². The van der Waals surface area contributed by atoms with Crippen molar-refractivity contribution in [3.8, 4) is 11.1 Å². The van der Waals surface area contributed by atoms with Crippen molar-refractivity contribution in [1.29, 1.82) is 0 Å². The molecule has 0 radical (unpaired) electrons. The first-order valence-corrected chi connectivity index (χ1v) is 22.7. The number of fused-ring (bicyclic) bond motifs is 12. The number of nitrogens with zero attached hydrogens (tertiary/aromatic N) is 2. The average Bonchev–Trinajstić information content (AvgIpc) is 3.60. The number of hydrogen-bond acceptors (Lipinski definition) is 2. The van der Waals surface area contributed by atoms with Crippen LogP contribution in [0.25, 0.3) is 75.8 Å². The Morgan fingerprint density at radius 2 is 0.738 bits per heavy atom. The Balaban J connectivity index is 1.03. The lowest BCUT2D eigenvalue weighted by atomic mass is 9.79. The summed E-state index contributed by atoms with van der Waals surface area (Å²) in [6.45, 7) is 4.86. The molecule has 0 spiro atoms. The zero-order chi connectivity index (χ0) is 43.2. The predicted molar refractivity (Wildman–Crippen MR) is 278 cm³/mol. The van der Waals surface area contributed by atoms with E-state index in [1.165, 1.54) is 98.3 Å². The molecule has 2 heteroatoms. The van der Waals surface area contributed by atoms with Crippen molar-refractivity contribution in [1.82, 2.24) is 0 Å². The molecular formula is C63H44N2. The van der Waals surface area contributed by atoms with Crippen molar-refractivity contribution >= 4 is 98.8 Å². The SMILES string of the molecule is CC1(C)c2cc(N(c3cccc4ccccc34)c3cccc4ccccc34)ccc2-c2c1c1ccc(N(c3ccc4ccccc4c3)c3cccc4ccccc34)cc1c1ccccc21. The summed E-state index contributed by atoms with van der Waals surface area (Å²) in [4.78, 5) is 4.94. The van der Waals surface area contributed by atoms with E-state index in [4.69, 9.17) is 0 Å². The molecule has 12 aromatic rings. The molecule has 0 fully saturated rings. The monoisotopic (exact) mass is 828 g/mol. The Hall–Kier alpha value is -8.20. The molecule has 2 nitrogen and oxygen atoms in total. The van der Waals surface area contributed by atoms with Crippen LogP contribution in [0.5, 0.6) is 0 Å². The van der Waals surface area contributed by atoms with Crippen LogP contribution in [0, 0.1) is 0 Å². The second-order valence-electron chi connectivity index (χ2n) is 18.1. The maximum absolute atomic E-state index is 2.49. The second kappa shape index (κ2) is 14.4. The highest BCUT2D eigenvalue weighted by Crippen LogP contribution is 2.57. The highest BCUT2D eigenvalue weighted by Gasteiger charge is 2.39. The fourth-order valence-corrected chi connectivity index (χ4v) is 11.1. The van der Waals surface area contributed by atoms with Crippen LogP contribution in [0.15, 0.2) is 231 Å². The van der Waals surface area contributed by atoms with Gasteiger partial charge in [-0.15, -0.1) is 0 Å². The minimum Gasteiger partial charge on any atom is -0.310 e. The molecular weight excluding hydrogens is 785 g/mol. The standard InChI is InChI=1S/C63H44N2/c1-63(2)57-40-48(65(59-30-14-22-43-18-6-9-25-50(43)59)60-31-15-23-44-19-7-10-26-51(44)60)35-37-55(57)61-53-28-12-11-27-52(53)56-39-47(34-36-54(56)62(61)63)64(46-33-32-41-16-3-4-20-45(41)38-46)58-29-13-21-42-17-5-8-24-49(42)58/h3-40H,1-2H3. The van der Waals surface area contributed by atoms with Gasteiger partial charge in [-0.1, -0.05) is 190 Å². The summed E-state index contributed by atoms with van der Waals surface area (Å²) in [6.07, 6.45) is 0. The molecule has 0 bridgehead atoms. The fraction of sp³-hybridized carbons (Fsp3) is 0.0476. The highest BCUT2D eigenvalue weighted by atomic mass is 15.2. The van der Waals surface area contributed by atoms with Gasteiger partial charge in [-0.25, -0.2) is 0 Å². The second-order valence-corrected chi connectivity index (χ2v) is 18.1. The molecule has 0 amide bonds. The molecule has 0 aliphatic heterocycles. The van der Waals surface area contributed by atoms with Crippen LogP contribution in [0.4, 0.5) is 34.1 Å². The molecule has 12 aromatic carbocycles. The van der Waals surface area contributed by atoms with Crippen LogP contribution in [-0.2, 0) is 5.41 Å². The Bertz CT molecular complexity index is 3800. The molecule has 0 saturated carbocycles. The van der Waals surface area contributed by atoms with Gasteiger partial charge in [0.15, 0.2) is 0 Å². The highest BCUT2D eigenvalue weighted by molar-refractivity contribution is 6.19. The van der Waals surface area contributed by atoms with Gasteiger partial charge in [-0.2, -0.15) is 0 Å². The molecule has 1 aliphatic carbocycles. The molecule has 0 atom stereocenters. The summed E-state index contributed by atoms with van der Waals surface area (Å²) in [5.74, 6) is 0. The van der Waals surface area contributed by atoms with Gasteiger partial charge >= 0.3 is 0 Å². The van der Waals surface area contributed by atoms with E-state index in [0.29, 0.717) is 0 Å². The Morgan fingerprint density at radius 3 is 1.35 bits per heavy atom. The minimum atomic E-state index is -0.304. The van der Waals surface area contributed by atoms with Gasteiger partial charge in [0.25, 0.3) is 0 Å². The lowest BCUT2D eigenvalue weighted by Gasteiger charge is -2.30. The number of anilines is 6. The fourth-order valence-electron chi connectivity index (χ4n) is 11.1. The molecule has 13 rings (SSSR count). The van der Waals surface area contributed by atoms with E-state index in [1.807, 2.05) is 0 Å². The third-order valence-electron chi connectivity index (χ3n) is 14.1. The van der Waals surface area contributed by atoms with Crippen LogP contribution in [0.2, 0.25) is 0 Å². The van der Waals surface area contributed by atoms with Gasteiger partial charge in [0, 0.05) is 38.6 Å². The van der Waals surface area contributed by atoms with Crippen molar-refractivity contribution in [3.05, 3.63) is 242 Å². The third-order valence-corrected chi connectivity index (χ3v) is 14.1. The summed E-state index contributed by atoms with van der Waals surface area (Å²) in [6, 6.07) is 85.3. The first-order chi connectivity index (χ1) is 32.0. The summed E-state index contributed by atoms with van der Waals surface area (Å²) in [7, 11) is 0. The summed E-state index contributed by atoms with van der Waals surface area (Å²) in [5.41, 5.74) is 12.0. The van der Waals surface area contributed by atoms with Crippen LogP contribution < -0.4 is 9.80 Å². The van der Waals surface area contributed by atoms with E-state index < -0.39 is 0 Å². The molecule has 306 valence electrons. The zero-order valence-corrected chi connectivity index (χ0v) is 36.3. The lowest BCUT2D eigenvalue weighted by Crippen LogP contribution is -2.17. The van der Waals surface area contributed by atoms with Crippen molar-refractivity contribution < 1.29 is 0 Å². The Morgan fingerprint density at radius 1 is 0.292 bits per heavy atom. The minimum absolute atomic E-state index is 0.304. The summed E-state index contributed by atoms with van der Waals surface area (Å²) < 4.78 is 0. The Labute approximate surface area is 378 Å². The predicted octanol–water partition coefficient (Wildman–Crippen LogP) is 17.9. The Kier molecular flexibility index (Phi) is 8.29. The van der Waals surface area contributed by atoms with Gasteiger partial charge in [-0.05, 0) is 125 Å².